The first-order valence-corrected chi connectivity index (χ1v) is 5.55. The summed E-state index contributed by atoms with van der Waals surface area (Å²) in [6, 6.07) is 0. The molecular formula is C6H15NO4P-. The Bertz CT molecular complexity index is 152. The van der Waals surface area contributed by atoms with Gasteiger partial charge in [-0.25, -0.2) is 0 Å². The zero-order valence-corrected chi connectivity index (χ0v) is 8.05. The SMILES string of the molecule is CNCCCCP(=O)([O-])OCO. The van der Waals surface area contributed by atoms with E-state index in [-0.39, 0.29) is 6.16 Å². The van der Waals surface area contributed by atoms with Crippen LogP contribution in [0.4, 0.5) is 0 Å². The molecule has 1 unspecified atom stereocenters. The summed E-state index contributed by atoms with van der Waals surface area (Å²) < 4.78 is 15.0. The zero-order chi connectivity index (χ0) is 9.45. The van der Waals surface area contributed by atoms with Gasteiger partial charge in [0.15, 0.2) is 0 Å². The van der Waals surface area contributed by atoms with E-state index in [9.17, 15) is 9.46 Å². The summed E-state index contributed by atoms with van der Waals surface area (Å²) in [6.45, 7) is 0.0337. The fourth-order valence-corrected chi connectivity index (χ4v) is 1.68. The second-order valence-corrected chi connectivity index (χ2v) is 4.33. The molecule has 74 valence electrons. The number of rotatable bonds is 7. The second kappa shape index (κ2) is 6.57. The first kappa shape index (κ1) is 12.1. The highest BCUT2D eigenvalue weighted by molar-refractivity contribution is 7.51. The molecule has 0 saturated carbocycles. The van der Waals surface area contributed by atoms with Crippen LogP contribution in [0.5, 0.6) is 0 Å². The van der Waals surface area contributed by atoms with Gasteiger partial charge in [0, 0.05) is 6.16 Å². The van der Waals surface area contributed by atoms with Gasteiger partial charge < -0.3 is 24.4 Å². The first-order chi connectivity index (χ1) is 5.62. The quantitative estimate of drug-likeness (QED) is 0.326. The van der Waals surface area contributed by atoms with Crippen molar-refractivity contribution in [3.63, 3.8) is 0 Å². The summed E-state index contributed by atoms with van der Waals surface area (Å²) in [5.74, 6) is 0. The van der Waals surface area contributed by atoms with E-state index in [4.69, 9.17) is 5.11 Å². The van der Waals surface area contributed by atoms with Crippen molar-refractivity contribution in [3.05, 3.63) is 0 Å². The van der Waals surface area contributed by atoms with E-state index in [1.165, 1.54) is 0 Å². The number of hydrogen-bond acceptors (Lipinski definition) is 5. The molecule has 0 bridgehead atoms. The Morgan fingerprint density at radius 2 is 2.25 bits per heavy atom. The number of aliphatic hydroxyl groups excluding tert-OH is 1. The van der Waals surface area contributed by atoms with E-state index < -0.39 is 14.4 Å². The average molecular weight is 196 g/mol. The van der Waals surface area contributed by atoms with Crippen LogP contribution in [0, 0.1) is 0 Å². The lowest BCUT2D eigenvalue weighted by atomic mass is 10.3. The van der Waals surface area contributed by atoms with Gasteiger partial charge in [-0.05, 0) is 26.4 Å². The maximum absolute atomic E-state index is 10.8. The molecule has 0 spiro atoms. The Kier molecular flexibility index (Phi) is 6.61. The molecule has 0 fully saturated rings. The fraction of sp³-hybridized carbons (Fsp3) is 1.00. The molecule has 0 aliphatic heterocycles. The van der Waals surface area contributed by atoms with Crippen LogP contribution in [0.1, 0.15) is 12.8 Å². The largest absolute Gasteiger partial charge is 0.778 e. The molecule has 0 saturated heterocycles. The van der Waals surface area contributed by atoms with E-state index in [1.807, 2.05) is 0 Å². The predicted molar refractivity (Wildman–Crippen MR) is 43.8 cm³/mol. The Morgan fingerprint density at radius 3 is 2.75 bits per heavy atom. The molecule has 0 amide bonds. The molecule has 1 atom stereocenters. The van der Waals surface area contributed by atoms with Crippen LogP contribution in [0.15, 0.2) is 0 Å². The molecule has 6 heteroatoms. The molecule has 0 aromatic rings. The van der Waals surface area contributed by atoms with E-state index in [0.717, 1.165) is 13.0 Å². The van der Waals surface area contributed by atoms with E-state index >= 15 is 0 Å². The van der Waals surface area contributed by atoms with Gasteiger partial charge in [0.25, 0.3) is 0 Å². The minimum absolute atomic E-state index is 0.00472. The molecule has 0 heterocycles. The van der Waals surface area contributed by atoms with Crippen LogP contribution in [0.3, 0.4) is 0 Å². The summed E-state index contributed by atoms with van der Waals surface area (Å²) in [4.78, 5) is 10.8. The van der Waals surface area contributed by atoms with E-state index in [2.05, 4.69) is 9.84 Å². The lowest BCUT2D eigenvalue weighted by molar-refractivity contribution is -0.203. The van der Waals surface area contributed by atoms with Crippen LogP contribution < -0.4 is 10.2 Å². The van der Waals surface area contributed by atoms with Gasteiger partial charge in [0.1, 0.15) is 14.4 Å². The highest BCUT2D eigenvalue weighted by Crippen LogP contribution is 2.37. The Morgan fingerprint density at radius 1 is 1.58 bits per heavy atom. The van der Waals surface area contributed by atoms with Crippen molar-refractivity contribution < 1.29 is 19.1 Å². The van der Waals surface area contributed by atoms with Crippen LogP contribution in [0.2, 0.25) is 0 Å². The third kappa shape index (κ3) is 6.76. The molecule has 0 aliphatic carbocycles. The van der Waals surface area contributed by atoms with Gasteiger partial charge in [-0.2, -0.15) is 0 Å². The van der Waals surface area contributed by atoms with E-state index in [0.29, 0.717) is 6.42 Å². The topological polar surface area (TPSA) is 81.6 Å². The standard InChI is InChI=1S/C6H16NO4P/c1-7-4-2-3-5-12(9,10)11-6-8/h7-8H,2-6H2,1H3,(H,9,10)/p-1. The van der Waals surface area contributed by atoms with Crippen molar-refractivity contribution >= 4 is 7.60 Å². The Balaban J connectivity index is 3.41. The van der Waals surface area contributed by atoms with Gasteiger partial charge in [-0.1, -0.05) is 0 Å². The zero-order valence-electron chi connectivity index (χ0n) is 7.15. The Labute approximate surface area is 72.3 Å². The van der Waals surface area contributed by atoms with Gasteiger partial charge in [-0.3, -0.25) is 0 Å². The summed E-state index contributed by atoms with van der Waals surface area (Å²) in [7, 11) is -1.95. The van der Waals surface area contributed by atoms with Crippen LogP contribution in [-0.4, -0.2) is 31.7 Å². The minimum atomic E-state index is -3.76. The molecule has 12 heavy (non-hydrogen) atoms. The normalized spacial score (nSPS) is 15.9. The van der Waals surface area contributed by atoms with E-state index in [1.54, 1.807) is 7.05 Å². The van der Waals surface area contributed by atoms with Crippen molar-refractivity contribution in [2.24, 2.45) is 0 Å². The van der Waals surface area contributed by atoms with Crippen molar-refractivity contribution in [3.8, 4) is 0 Å². The molecule has 0 aromatic carbocycles. The molecule has 2 N–H and O–H groups in total. The number of nitrogens with one attached hydrogen (secondary N) is 1. The third-order valence-electron chi connectivity index (χ3n) is 1.36. The van der Waals surface area contributed by atoms with Gasteiger partial charge >= 0.3 is 0 Å². The van der Waals surface area contributed by atoms with Crippen LogP contribution in [0.25, 0.3) is 0 Å². The smallest absolute Gasteiger partial charge is 0.149 e. The average Bonchev–Trinajstić information content (AvgIpc) is 1.98. The number of unbranched alkanes of at least 4 members (excludes halogenated alkanes) is 1. The minimum Gasteiger partial charge on any atom is -0.778 e. The van der Waals surface area contributed by atoms with Gasteiger partial charge in [0.05, 0.1) is 0 Å². The number of aliphatic hydroxyl groups is 1. The summed E-state index contributed by atoms with van der Waals surface area (Å²) in [5, 5.41) is 11.1. The van der Waals surface area contributed by atoms with Gasteiger partial charge in [-0.15, -0.1) is 0 Å². The predicted octanol–water partition coefficient (Wildman–Crippen LogP) is -0.494. The molecule has 0 rings (SSSR count). The maximum Gasteiger partial charge on any atom is 0.149 e. The first-order valence-electron chi connectivity index (χ1n) is 3.82. The lowest BCUT2D eigenvalue weighted by Crippen LogP contribution is -2.12. The molecule has 0 aromatic heterocycles. The molecule has 0 aliphatic rings. The second-order valence-electron chi connectivity index (χ2n) is 2.40. The molecular weight excluding hydrogens is 181 g/mol. The summed E-state index contributed by atoms with van der Waals surface area (Å²) in [5.41, 5.74) is 0. The monoisotopic (exact) mass is 196 g/mol. The van der Waals surface area contributed by atoms with Crippen molar-refractivity contribution in [1.82, 2.24) is 5.32 Å². The van der Waals surface area contributed by atoms with Crippen molar-refractivity contribution in [2.45, 2.75) is 12.8 Å². The fourth-order valence-electron chi connectivity index (χ4n) is 0.760. The number of hydrogen-bond donors (Lipinski definition) is 2. The van der Waals surface area contributed by atoms with Gasteiger partial charge in [0.2, 0.25) is 0 Å². The Hall–Kier alpha value is 0.0700. The summed E-state index contributed by atoms with van der Waals surface area (Å²) in [6.07, 6.45) is 1.34. The van der Waals surface area contributed by atoms with Crippen LogP contribution in [-0.2, 0) is 9.09 Å². The molecule has 5 nitrogen and oxygen atoms in total. The van der Waals surface area contributed by atoms with Crippen molar-refractivity contribution in [2.75, 3.05) is 26.5 Å². The van der Waals surface area contributed by atoms with Crippen molar-refractivity contribution in [1.29, 1.82) is 0 Å². The molecule has 0 radical (unpaired) electrons. The third-order valence-corrected chi connectivity index (χ3v) is 2.74. The summed E-state index contributed by atoms with van der Waals surface area (Å²) >= 11 is 0. The van der Waals surface area contributed by atoms with Crippen LogP contribution >= 0.6 is 7.60 Å². The maximum atomic E-state index is 10.8. The highest BCUT2D eigenvalue weighted by Gasteiger charge is 2.06. The highest BCUT2D eigenvalue weighted by atomic mass is 31.2. The lowest BCUT2D eigenvalue weighted by Gasteiger charge is -2.21.